The Morgan fingerprint density at radius 2 is 2.10 bits per heavy atom. The number of aliphatic imine (C=N–C) groups is 2. The summed E-state index contributed by atoms with van der Waals surface area (Å²) in [5.74, 6) is 1.89. The lowest BCUT2D eigenvalue weighted by Gasteiger charge is -2.17. The molecule has 1 aromatic carbocycles. The van der Waals surface area contributed by atoms with Crippen molar-refractivity contribution in [2.75, 3.05) is 5.75 Å². The van der Waals surface area contributed by atoms with E-state index in [2.05, 4.69) is 39.8 Å². The zero-order valence-electron chi connectivity index (χ0n) is 17.5. The van der Waals surface area contributed by atoms with E-state index in [1.807, 2.05) is 47.9 Å². The van der Waals surface area contributed by atoms with Gasteiger partial charge in [-0.05, 0) is 31.6 Å². The Bertz CT molecular complexity index is 1140. The van der Waals surface area contributed by atoms with Gasteiger partial charge in [-0.1, -0.05) is 53.8 Å². The number of aromatic nitrogens is 3. The van der Waals surface area contributed by atoms with E-state index in [1.165, 1.54) is 17.3 Å². The summed E-state index contributed by atoms with van der Waals surface area (Å²) in [6, 6.07) is 6.07. The summed E-state index contributed by atoms with van der Waals surface area (Å²) < 4.78 is 7.92. The number of carbonyl (C=O) groups is 1. The first-order chi connectivity index (χ1) is 15.0. The van der Waals surface area contributed by atoms with Crippen LogP contribution in [0.2, 0.25) is 0 Å². The standard InChI is InChI=1S/C23H23N5O2S/c1-4-11-28-21(13-30-19-10-9-15(2)12-16(19)3)26-27-23(28)31-14-20-24-18-8-6-5-7-17(18)22(29)25-20/h4-10,12,17H,1,11,13-14H2,2-3H3. The quantitative estimate of drug-likeness (QED) is 0.466. The lowest BCUT2D eigenvalue weighted by molar-refractivity contribution is -0.118. The van der Waals surface area contributed by atoms with Crippen molar-refractivity contribution in [3.8, 4) is 5.75 Å². The molecule has 7 nitrogen and oxygen atoms in total. The highest BCUT2D eigenvalue weighted by molar-refractivity contribution is 7.99. The number of nitrogens with zero attached hydrogens (tertiary/aromatic N) is 5. The molecule has 8 heteroatoms. The number of rotatable bonds is 8. The van der Waals surface area contributed by atoms with Crippen LogP contribution in [-0.2, 0) is 17.9 Å². The van der Waals surface area contributed by atoms with Crippen molar-refractivity contribution < 1.29 is 9.53 Å². The Morgan fingerprint density at radius 1 is 1.23 bits per heavy atom. The summed E-state index contributed by atoms with van der Waals surface area (Å²) >= 11 is 1.44. The van der Waals surface area contributed by atoms with Crippen LogP contribution in [0.5, 0.6) is 5.75 Å². The highest BCUT2D eigenvalue weighted by Crippen LogP contribution is 2.23. The van der Waals surface area contributed by atoms with Crippen LogP contribution in [0.25, 0.3) is 0 Å². The largest absolute Gasteiger partial charge is 0.485 e. The van der Waals surface area contributed by atoms with Crippen LogP contribution in [0.1, 0.15) is 17.0 Å². The maximum absolute atomic E-state index is 12.3. The lowest BCUT2D eigenvalue weighted by Crippen LogP contribution is -2.27. The summed E-state index contributed by atoms with van der Waals surface area (Å²) in [6.07, 6.45) is 9.18. The van der Waals surface area contributed by atoms with E-state index in [0.29, 0.717) is 35.7 Å². The second-order valence-corrected chi connectivity index (χ2v) is 8.21. The molecular formula is C23H23N5O2S. The third-order valence-electron chi connectivity index (χ3n) is 4.89. The van der Waals surface area contributed by atoms with Crippen molar-refractivity contribution in [2.45, 2.75) is 32.2 Å². The Balaban J connectivity index is 1.45. The van der Waals surface area contributed by atoms with E-state index in [0.717, 1.165) is 17.0 Å². The molecule has 1 aromatic heterocycles. The van der Waals surface area contributed by atoms with Gasteiger partial charge in [-0.25, -0.2) is 4.99 Å². The van der Waals surface area contributed by atoms with Crippen molar-refractivity contribution in [2.24, 2.45) is 15.9 Å². The summed E-state index contributed by atoms with van der Waals surface area (Å²) in [7, 11) is 0. The minimum Gasteiger partial charge on any atom is -0.485 e. The molecule has 1 unspecified atom stereocenters. The number of amides is 1. The first-order valence-electron chi connectivity index (χ1n) is 9.96. The zero-order chi connectivity index (χ0) is 21.8. The fraction of sp³-hybridized carbons (Fsp3) is 0.261. The molecule has 0 bridgehead atoms. The minimum atomic E-state index is -0.364. The summed E-state index contributed by atoms with van der Waals surface area (Å²) in [5, 5.41) is 9.31. The third-order valence-corrected chi connectivity index (χ3v) is 5.85. The smallest absolute Gasteiger partial charge is 0.260 e. The zero-order valence-corrected chi connectivity index (χ0v) is 18.3. The fourth-order valence-electron chi connectivity index (χ4n) is 3.36. The normalized spacial score (nSPS) is 17.2. The predicted octanol–water partition coefficient (Wildman–Crippen LogP) is 3.87. The van der Waals surface area contributed by atoms with Gasteiger partial charge in [0.1, 0.15) is 24.1 Å². The Labute approximate surface area is 185 Å². The fourth-order valence-corrected chi connectivity index (χ4v) is 4.18. The van der Waals surface area contributed by atoms with Crippen molar-refractivity contribution in [3.05, 3.63) is 72.1 Å². The van der Waals surface area contributed by atoms with Crippen LogP contribution >= 0.6 is 11.8 Å². The Morgan fingerprint density at radius 3 is 2.90 bits per heavy atom. The highest BCUT2D eigenvalue weighted by Gasteiger charge is 2.26. The number of allylic oxidation sites excluding steroid dienone is 4. The first-order valence-corrected chi connectivity index (χ1v) is 10.9. The highest BCUT2D eigenvalue weighted by atomic mass is 32.2. The number of carbonyl (C=O) groups excluding carboxylic acids is 1. The summed E-state index contributed by atoms with van der Waals surface area (Å²) in [6.45, 7) is 8.76. The van der Waals surface area contributed by atoms with Crippen LogP contribution in [0.3, 0.4) is 0 Å². The molecule has 0 saturated carbocycles. The molecule has 0 saturated heterocycles. The van der Waals surface area contributed by atoms with Crippen molar-refractivity contribution >= 4 is 29.2 Å². The van der Waals surface area contributed by atoms with Crippen molar-refractivity contribution in [3.63, 3.8) is 0 Å². The minimum absolute atomic E-state index is 0.184. The van der Waals surface area contributed by atoms with E-state index < -0.39 is 0 Å². The average molecular weight is 434 g/mol. The van der Waals surface area contributed by atoms with E-state index >= 15 is 0 Å². The van der Waals surface area contributed by atoms with Crippen LogP contribution < -0.4 is 4.74 Å². The van der Waals surface area contributed by atoms with Crippen LogP contribution in [0.15, 0.2) is 70.3 Å². The Kier molecular flexibility index (Phi) is 6.27. The summed E-state index contributed by atoms with van der Waals surface area (Å²) in [5.41, 5.74) is 3.00. The van der Waals surface area contributed by atoms with Gasteiger partial charge in [0.05, 0.1) is 11.5 Å². The van der Waals surface area contributed by atoms with Crippen LogP contribution in [0, 0.1) is 19.8 Å². The molecule has 31 heavy (non-hydrogen) atoms. The number of amidine groups is 1. The van der Waals surface area contributed by atoms with Gasteiger partial charge in [0.2, 0.25) is 0 Å². The first kappa shape index (κ1) is 21.0. The number of hydrogen-bond donors (Lipinski definition) is 0. The average Bonchev–Trinajstić information content (AvgIpc) is 3.13. The molecule has 4 rings (SSSR count). The maximum Gasteiger partial charge on any atom is 0.260 e. The Hall–Kier alpha value is -3.26. The monoisotopic (exact) mass is 433 g/mol. The number of benzene rings is 1. The number of ether oxygens (including phenoxy) is 1. The molecule has 1 atom stereocenters. The SMILES string of the molecule is C=CCn1c(COc2ccc(C)cc2C)nnc1SCC1=NC(=O)C2C=CC=CC2=N1. The van der Waals surface area contributed by atoms with Gasteiger partial charge in [-0.2, -0.15) is 4.99 Å². The summed E-state index contributed by atoms with van der Waals surface area (Å²) in [4.78, 5) is 20.9. The molecule has 1 aliphatic carbocycles. The molecular weight excluding hydrogens is 410 g/mol. The molecule has 0 N–H and O–H groups in total. The van der Waals surface area contributed by atoms with Gasteiger partial charge < -0.3 is 4.74 Å². The van der Waals surface area contributed by atoms with Crippen molar-refractivity contribution in [1.82, 2.24) is 14.8 Å². The molecule has 1 aliphatic heterocycles. The molecule has 2 heterocycles. The second-order valence-electron chi connectivity index (χ2n) is 7.27. The van der Waals surface area contributed by atoms with E-state index in [-0.39, 0.29) is 11.8 Å². The third kappa shape index (κ3) is 4.74. The molecule has 158 valence electrons. The number of hydrogen-bond acceptors (Lipinski definition) is 6. The molecule has 0 spiro atoms. The van der Waals surface area contributed by atoms with Crippen LogP contribution in [-0.4, -0.2) is 38.0 Å². The number of aryl methyl sites for hydroxylation is 2. The van der Waals surface area contributed by atoms with Gasteiger partial charge in [0.15, 0.2) is 11.0 Å². The second kappa shape index (κ2) is 9.26. The van der Waals surface area contributed by atoms with E-state index in [4.69, 9.17) is 4.74 Å². The van der Waals surface area contributed by atoms with Crippen molar-refractivity contribution in [1.29, 1.82) is 0 Å². The van der Waals surface area contributed by atoms with E-state index in [1.54, 1.807) is 6.08 Å². The number of fused-ring (bicyclic) bond motifs is 1. The van der Waals surface area contributed by atoms with Crippen LogP contribution in [0.4, 0.5) is 0 Å². The van der Waals surface area contributed by atoms with E-state index in [9.17, 15) is 4.79 Å². The predicted molar refractivity (Wildman–Crippen MR) is 123 cm³/mol. The van der Waals surface area contributed by atoms with Gasteiger partial charge in [-0.3, -0.25) is 9.36 Å². The van der Waals surface area contributed by atoms with Gasteiger partial charge in [0, 0.05) is 6.54 Å². The maximum atomic E-state index is 12.3. The lowest BCUT2D eigenvalue weighted by atomic mass is 9.97. The van der Waals surface area contributed by atoms with Gasteiger partial charge >= 0.3 is 0 Å². The molecule has 2 aromatic rings. The van der Waals surface area contributed by atoms with Gasteiger partial charge in [0.25, 0.3) is 5.91 Å². The number of thioether (sulfide) groups is 1. The molecule has 0 fully saturated rings. The molecule has 2 aliphatic rings. The molecule has 1 amide bonds. The van der Waals surface area contributed by atoms with Gasteiger partial charge in [-0.15, -0.1) is 16.8 Å². The molecule has 0 radical (unpaired) electrons. The topological polar surface area (TPSA) is 81.7 Å².